The number of hydrogen-bond donors (Lipinski definition) is 4. The molecule has 10 nitrogen and oxygen atoms in total. The molecule has 34 heavy (non-hydrogen) atoms. The monoisotopic (exact) mass is 486 g/mol. The molecule has 2 aromatic carbocycles. The lowest BCUT2D eigenvalue weighted by molar-refractivity contribution is -0.123. The van der Waals surface area contributed by atoms with Crippen LogP contribution in [-0.4, -0.2) is 69.3 Å². The summed E-state index contributed by atoms with van der Waals surface area (Å²) in [5, 5.41) is 8.77. The van der Waals surface area contributed by atoms with Crippen molar-refractivity contribution in [3.8, 4) is 5.75 Å². The lowest BCUT2D eigenvalue weighted by atomic mass is 9.84. The maximum atomic E-state index is 12.9. The first-order valence-corrected chi connectivity index (χ1v) is 10.9. The van der Waals surface area contributed by atoms with E-state index in [4.69, 9.17) is 22.1 Å². The van der Waals surface area contributed by atoms with Crippen LogP contribution in [0.3, 0.4) is 0 Å². The maximum Gasteiger partial charge on any atom is 0.268 e. The highest BCUT2D eigenvalue weighted by molar-refractivity contribution is 6.47. The predicted molar refractivity (Wildman–Crippen MR) is 130 cm³/mol. The zero-order chi connectivity index (χ0) is 24.9. The first-order valence-electron chi connectivity index (χ1n) is 10.5. The van der Waals surface area contributed by atoms with E-state index in [0.717, 1.165) is 0 Å². The Labute approximate surface area is 202 Å². The van der Waals surface area contributed by atoms with Crippen molar-refractivity contribution in [3.63, 3.8) is 0 Å². The van der Waals surface area contributed by atoms with Crippen molar-refractivity contribution < 1.29 is 19.1 Å². The molecule has 1 aliphatic heterocycles. The third-order valence-corrected chi connectivity index (χ3v) is 5.70. The van der Waals surface area contributed by atoms with Gasteiger partial charge in [-0.2, -0.15) is 0 Å². The van der Waals surface area contributed by atoms with Gasteiger partial charge < -0.3 is 26.0 Å². The van der Waals surface area contributed by atoms with Crippen LogP contribution in [0.5, 0.6) is 5.75 Å². The molecule has 180 valence electrons. The molecule has 0 spiro atoms. The number of rotatable bonds is 9. The Morgan fingerprint density at radius 3 is 2.59 bits per heavy atom. The average Bonchev–Trinajstić information content (AvgIpc) is 3.26. The number of carbonyl (C=O) groups excluding carboxylic acids is 3. The normalized spacial score (nSPS) is 17.3. The second kappa shape index (κ2) is 10.6. The molecule has 5 N–H and O–H groups in total. The van der Waals surface area contributed by atoms with E-state index in [1.807, 2.05) is 19.0 Å². The minimum Gasteiger partial charge on any atom is -0.495 e. The van der Waals surface area contributed by atoms with Gasteiger partial charge in [-0.05, 0) is 43.9 Å². The number of halogens is 1. The van der Waals surface area contributed by atoms with Crippen LogP contribution < -0.4 is 26.4 Å². The molecule has 0 radical (unpaired) electrons. The molecule has 0 saturated carbocycles. The number of aliphatic imine (C=N–C) groups is 1. The van der Waals surface area contributed by atoms with Gasteiger partial charge in [0, 0.05) is 13.1 Å². The van der Waals surface area contributed by atoms with E-state index < -0.39 is 23.3 Å². The van der Waals surface area contributed by atoms with Gasteiger partial charge in [0.15, 0.2) is 5.54 Å². The fourth-order valence-electron chi connectivity index (χ4n) is 3.61. The number of nitrogens with two attached hydrogens (primary N) is 1. The summed E-state index contributed by atoms with van der Waals surface area (Å²) in [6.45, 7) is 1.02. The molecule has 0 fully saturated rings. The standard InChI is InChI=1S/C23H27ClN6O4/c1-30(2)11-10-26-21(32)19-23(22(25)33,28-13-27-19)14-8-9-17(18(12-14)34-3)29-20(31)15-6-4-5-7-16(15)24/h4-9,12,28H,10-11,13H2,1-3H3,(H2,25,33)(H,26,32)(H,29,31). The predicted octanol–water partition coefficient (Wildman–Crippen LogP) is 0.961. The van der Waals surface area contributed by atoms with Crippen LogP contribution in [0.15, 0.2) is 47.5 Å². The van der Waals surface area contributed by atoms with Crippen LogP contribution in [0.1, 0.15) is 15.9 Å². The minimum atomic E-state index is -1.65. The quantitative estimate of drug-likeness (QED) is 0.416. The summed E-state index contributed by atoms with van der Waals surface area (Å²) in [5.41, 5.74) is 5.09. The van der Waals surface area contributed by atoms with Gasteiger partial charge >= 0.3 is 0 Å². The van der Waals surface area contributed by atoms with Crippen molar-refractivity contribution in [3.05, 3.63) is 58.6 Å². The van der Waals surface area contributed by atoms with Crippen molar-refractivity contribution in [2.45, 2.75) is 5.54 Å². The van der Waals surface area contributed by atoms with Gasteiger partial charge in [-0.15, -0.1) is 0 Å². The van der Waals surface area contributed by atoms with E-state index >= 15 is 0 Å². The van der Waals surface area contributed by atoms with Gasteiger partial charge in [-0.3, -0.25) is 24.7 Å². The summed E-state index contributed by atoms with van der Waals surface area (Å²) in [5.74, 6) is -1.45. The second-order valence-electron chi connectivity index (χ2n) is 7.86. The molecule has 0 aliphatic carbocycles. The number of primary amides is 1. The Bertz CT molecular complexity index is 1140. The van der Waals surface area contributed by atoms with E-state index in [1.165, 1.54) is 13.2 Å². The largest absolute Gasteiger partial charge is 0.495 e. The van der Waals surface area contributed by atoms with Gasteiger partial charge in [0.05, 0.1) is 30.1 Å². The lowest BCUT2D eigenvalue weighted by Gasteiger charge is -2.28. The minimum absolute atomic E-state index is 0.0336. The zero-order valence-corrected chi connectivity index (χ0v) is 19.9. The number of likely N-dealkylation sites (N-methyl/N-ethyl adjacent to an activating group) is 1. The molecule has 1 aliphatic rings. The van der Waals surface area contributed by atoms with Crippen molar-refractivity contribution >= 4 is 40.7 Å². The smallest absolute Gasteiger partial charge is 0.268 e. The van der Waals surface area contributed by atoms with Gasteiger partial charge in [0.2, 0.25) is 5.91 Å². The third kappa shape index (κ3) is 5.04. The molecule has 1 heterocycles. The van der Waals surface area contributed by atoms with E-state index in [1.54, 1.807) is 36.4 Å². The van der Waals surface area contributed by atoms with Gasteiger partial charge in [0.25, 0.3) is 11.8 Å². The summed E-state index contributed by atoms with van der Waals surface area (Å²) in [6, 6.07) is 11.3. The fraction of sp³-hybridized carbons (Fsp3) is 0.304. The Hall–Kier alpha value is -3.47. The number of hydrogen-bond acceptors (Lipinski definition) is 7. The highest BCUT2D eigenvalue weighted by Crippen LogP contribution is 2.34. The lowest BCUT2D eigenvalue weighted by Crippen LogP contribution is -2.58. The Morgan fingerprint density at radius 1 is 1.21 bits per heavy atom. The number of nitrogens with one attached hydrogen (secondary N) is 3. The van der Waals surface area contributed by atoms with Crippen LogP contribution in [0, 0.1) is 0 Å². The first-order chi connectivity index (χ1) is 16.2. The maximum absolute atomic E-state index is 12.9. The zero-order valence-electron chi connectivity index (χ0n) is 19.1. The van der Waals surface area contributed by atoms with Crippen LogP contribution in [0.4, 0.5) is 5.69 Å². The van der Waals surface area contributed by atoms with E-state index in [9.17, 15) is 14.4 Å². The van der Waals surface area contributed by atoms with Gasteiger partial charge in [0.1, 0.15) is 11.5 Å². The summed E-state index contributed by atoms with van der Waals surface area (Å²) in [4.78, 5) is 44.4. The highest BCUT2D eigenvalue weighted by Gasteiger charge is 2.49. The summed E-state index contributed by atoms with van der Waals surface area (Å²) in [7, 11) is 5.19. The molecule has 3 amide bonds. The van der Waals surface area contributed by atoms with E-state index in [-0.39, 0.29) is 18.1 Å². The molecule has 0 aromatic heterocycles. The fourth-order valence-corrected chi connectivity index (χ4v) is 3.83. The molecule has 2 aromatic rings. The Kier molecular flexibility index (Phi) is 7.87. The highest BCUT2D eigenvalue weighted by atomic mass is 35.5. The molecule has 1 atom stereocenters. The van der Waals surface area contributed by atoms with Crippen molar-refractivity contribution in [1.29, 1.82) is 0 Å². The number of nitrogens with zero attached hydrogens (tertiary/aromatic N) is 2. The summed E-state index contributed by atoms with van der Waals surface area (Å²) < 4.78 is 5.45. The summed E-state index contributed by atoms with van der Waals surface area (Å²) in [6.07, 6.45) is 0. The number of anilines is 1. The van der Waals surface area contributed by atoms with Crippen LogP contribution in [-0.2, 0) is 15.1 Å². The molecule has 3 rings (SSSR count). The van der Waals surface area contributed by atoms with Crippen LogP contribution >= 0.6 is 11.6 Å². The summed E-state index contributed by atoms with van der Waals surface area (Å²) >= 11 is 6.12. The van der Waals surface area contributed by atoms with Crippen LogP contribution in [0.25, 0.3) is 0 Å². The van der Waals surface area contributed by atoms with Crippen molar-refractivity contribution in [2.24, 2.45) is 10.7 Å². The number of amides is 3. The topological polar surface area (TPSA) is 138 Å². The Morgan fingerprint density at radius 2 is 1.94 bits per heavy atom. The van der Waals surface area contributed by atoms with E-state index in [0.29, 0.717) is 34.9 Å². The van der Waals surface area contributed by atoms with E-state index in [2.05, 4.69) is 20.9 Å². The van der Waals surface area contributed by atoms with Gasteiger partial charge in [-0.1, -0.05) is 29.8 Å². The SMILES string of the molecule is COc1cc(C2(C(N)=O)NCN=C2C(=O)NCCN(C)C)ccc1NC(=O)c1ccccc1Cl. The number of carbonyl (C=O) groups is 3. The molecule has 1 unspecified atom stereocenters. The molecule has 0 saturated heterocycles. The number of ether oxygens (including phenoxy) is 1. The van der Waals surface area contributed by atoms with Gasteiger partial charge in [-0.25, -0.2) is 0 Å². The van der Waals surface area contributed by atoms with Crippen molar-refractivity contribution in [1.82, 2.24) is 15.5 Å². The molecule has 0 bridgehead atoms. The van der Waals surface area contributed by atoms with Crippen LogP contribution in [0.2, 0.25) is 5.02 Å². The number of methoxy groups -OCH3 is 1. The molecule has 11 heteroatoms. The second-order valence-corrected chi connectivity index (χ2v) is 8.27. The third-order valence-electron chi connectivity index (χ3n) is 5.37. The first kappa shape index (κ1) is 25.2. The number of benzene rings is 2. The van der Waals surface area contributed by atoms with Crippen molar-refractivity contribution in [2.75, 3.05) is 46.3 Å². The Balaban J connectivity index is 1.91. The molecular formula is C23H27ClN6O4. The molecular weight excluding hydrogens is 460 g/mol. The average molecular weight is 487 g/mol.